The summed E-state index contributed by atoms with van der Waals surface area (Å²) in [5.41, 5.74) is 1.25. The van der Waals surface area contributed by atoms with E-state index in [0.717, 1.165) is 13.1 Å². The first-order valence-electron chi connectivity index (χ1n) is 6.74. The predicted octanol–water partition coefficient (Wildman–Crippen LogP) is 3.09. The van der Waals surface area contributed by atoms with Crippen molar-refractivity contribution in [3.63, 3.8) is 0 Å². The lowest BCUT2D eigenvalue weighted by Gasteiger charge is -2.25. The molecule has 0 N–H and O–H groups in total. The molecular weight excluding hydrogens is 236 g/mol. The summed E-state index contributed by atoms with van der Waals surface area (Å²) < 4.78 is 5.19. The first-order chi connectivity index (χ1) is 9.36. The van der Waals surface area contributed by atoms with Crippen molar-refractivity contribution in [3.05, 3.63) is 42.5 Å². The Morgan fingerprint density at radius 1 is 1.21 bits per heavy atom. The molecule has 2 aromatic carbocycles. The van der Waals surface area contributed by atoms with Gasteiger partial charge in [0.05, 0.1) is 0 Å². The van der Waals surface area contributed by atoms with Crippen LogP contribution in [0.5, 0.6) is 0 Å². The van der Waals surface area contributed by atoms with Crippen LogP contribution in [0.25, 0.3) is 10.8 Å². The summed E-state index contributed by atoms with van der Waals surface area (Å²) in [5.74, 6) is 0. The van der Waals surface area contributed by atoms with Crippen molar-refractivity contribution in [1.82, 2.24) is 0 Å². The van der Waals surface area contributed by atoms with Gasteiger partial charge in [-0.15, -0.1) is 0 Å². The van der Waals surface area contributed by atoms with Gasteiger partial charge in [-0.3, -0.25) is 0 Å². The number of aliphatic imine (C=N–C) groups is 1. The standard InChI is InChI=1S/C16H18N2O/c1-2-18(10-15-11-19-12-17-15)16-8-7-13-5-3-4-6-14(13)9-16/h3-9,12,15H,2,10-11H2,1H3. The third-order valence-corrected chi connectivity index (χ3v) is 3.55. The van der Waals surface area contributed by atoms with Gasteiger partial charge in [-0.1, -0.05) is 30.3 Å². The quantitative estimate of drug-likeness (QED) is 0.837. The van der Waals surface area contributed by atoms with E-state index < -0.39 is 0 Å². The molecule has 19 heavy (non-hydrogen) atoms. The Balaban J connectivity index is 1.85. The molecular formula is C16H18N2O. The van der Waals surface area contributed by atoms with Crippen LogP contribution in [-0.2, 0) is 4.74 Å². The number of hydrogen-bond acceptors (Lipinski definition) is 3. The van der Waals surface area contributed by atoms with Crippen molar-refractivity contribution in [3.8, 4) is 0 Å². The van der Waals surface area contributed by atoms with Crippen molar-refractivity contribution < 1.29 is 4.74 Å². The highest BCUT2D eigenvalue weighted by Crippen LogP contribution is 2.22. The molecule has 0 bridgehead atoms. The Morgan fingerprint density at radius 2 is 2.05 bits per heavy atom. The summed E-state index contributed by atoms with van der Waals surface area (Å²) in [6.07, 6.45) is 1.57. The number of fused-ring (bicyclic) bond motifs is 1. The second kappa shape index (κ2) is 5.31. The molecule has 1 aliphatic rings. The largest absolute Gasteiger partial charge is 0.481 e. The molecule has 3 heteroatoms. The molecule has 0 spiro atoms. The number of likely N-dealkylation sites (N-methyl/N-ethyl adjacent to an activating group) is 1. The van der Waals surface area contributed by atoms with Crippen molar-refractivity contribution in [2.45, 2.75) is 13.0 Å². The number of hydrogen-bond donors (Lipinski definition) is 0. The Hall–Kier alpha value is -2.03. The lowest BCUT2D eigenvalue weighted by Crippen LogP contribution is -2.32. The zero-order valence-corrected chi connectivity index (χ0v) is 11.1. The zero-order valence-electron chi connectivity index (χ0n) is 11.1. The van der Waals surface area contributed by atoms with E-state index in [1.54, 1.807) is 6.40 Å². The summed E-state index contributed by atoms with van der Waals surface area (Å²) in [6, 6.07) is 15.3. The third kappa shape index (κ3) is 2.55. The highest BCUT2D eigenvalue weighted by atomic mass is 16.5. The van der Waals surface area contributed by atoms with Crippen LogP contribution in [0, 0.1) is 0 Å². The van der Waals surface area contributed by atoms with Crippen molar-refractivity contribution in [2.75, 3.05) is 24.6 Å². The molecule has 3 nitrogen and oxygen atoms in total. The van der Waals surface area contributed by atoms with Crippen LogP contribution in [0.15, 0.2) is 47.5 Å². The molecule has 0 radical (unpaired) electrons. The molecule has 1 atom stereocenters. The average molecular weight is 254 g/mol. The smallest absolute Gasteiger partial charge is 0.169 e. The van der Waals surface area contributed by atoms with Gasteiger partial charge in [-0.25, -0.2) is 4.99 Å². The first-order valence-corrected chi connectivity index (χ1v) is 6.74. The van der Waals surface area contributed by atoms with Gasteiger partial charge in [0.1, 0.15) is 12.6 Å². The van der Waals surface area contributed by atoms with Crippen molar-refractivity contribution in [1.29, 1.82) is 0 Å². The second-order valence-corrected chi connectivity index (χ2v) is 4.81. The molecule has 2 aromatic rings. The fourth-order valence-electron chi connectivity index (χ4n) is 2.47. The normalized spacial score (nSPS) is 17.6. The van der Waals surface area contributed by atoms with E-state index in [2.05, 4.69) is 59.3 Å². The maximum atomic E-state index is 5.19. The van der Waals surface area contributed by atoms with E-state index in [1.165, 1.54) is 16.5 Å². The van der Waals surface area contributed by atoms with Gasteiger partial charge >= 0.3 is 0 Å². The van der Waals surface area contributed by atoms with E-state index >= 15 is 0 Å². The van der Waals surface area contributed by atoms with Crippen LogP contribution < -0.4 is 4.90 Å². The summed E-state index contributed by atoms with van der Waals surface area (Å²) >= 11 is 0. The second-order valence-electron chi connectivity index (χ2n) is 4.81. The van der Waals surface area contributed by atoms with Gasteiger partial charge in [-0.2, -0.15) is 0 Å². The van der Waals surface area contributed by atoms with E-state index in [4.69, 9.17) is 4.74 Å². The first kappa shape index (κ1) is 12.0. The lowest BCUT2D eigenvalue weighted by molar-refractivity contribution is 0.328. The van der Waals surface area contributed by atoms with Gasteiger partial charge in [0.2, 0.25) is 0 Å². The number of rotatable bonds is 4. The molecule has 0 saturated carbocycles. The van der Waals surface area contributed by atoms with Crippen LogP contribution >= 0.6 is 0 Å². The summed E-state index contributed by atoms with van der Waals surface area (Å²) in [7, 11) is 0. The van der Waals surface area contributed by atoms with Gasteiger partial charge in [0.15, 0.2) is 6.40 Å². The van der Waals surface area contributed by atoms with Crippen LogP contribution in [0.4, 0.5) is 5.69 Å². The molecule has 98 valence electrons. The lowest BCUT2D eigenvalue weighted by atomic mass is 10.1. The van der Waals surface area contributed by atoms with Gasteiger partial charge in [0.25, 0.3) is 0 Å². The molecule has 0 saturated heterocycles. The molecule has 0 amide bonds. The number of benzene rings is 2. The summed E-state index contributed by atoms with van der Waals surface area (Å²) in [5, 5.41) is 2.56. The van der Waals surface area contributed by atoms with E-state index in [0.29, 0.717) is 6.61 Å². The molecule has 1 aliphatic heterocycles. The Morgan fingerprint density at radius 3 is 2.79 bits per heavy atom. The molecule has 1 unspecified atom stereocenters. The number of anilines is 1. The number of nitrogens with zero attached hydrogens (tertiary/aromatic N) is 2. The van der Waals surface area contributed by atoms with Crippen LogP contribution in [0.1, 0.15) is 6.92 Å². The minimum Gasteiger partial charge on any atom is -0.481 e. The highest BCUT2D eigenvalue weighted by molar-refractivity contribution is 5.85. The average Bonchev–Trinajstić information content (AvgIpc) is 2.97. The fourth-order valence-corrected chi connectivity index (χ4v) is 2.47. The van der Waals surface area contributed by atoms with Crippen LogP contribution in [-0.4, -0.2) is 32.1 Å². The maximum absolute atomic E-state index is 5.19. The Bertz CT molecular complexity index is 594. The summed E-state index contributed by atoms with van der Waals surface area (Å²) in [4.78, 5) is 6.67. The monoisotopic (exact) mass is 254 g/mol. The Kier molecular flexibility index (Phi) is 3.36. The van der Waals surface area contributed by atoms with Gasteiger partial charge in [-0.05, 0) is 29.8 Å². The van der Waals surface area contributed by atoms with Gasteiger partial charge in [0, 0.05) is 18.8 Å². The highest BCUT2D eigenvalue weighted by Gasteiger charge is 2.16. The fraction of sp³-hybridized carbons (Fsp3) is 0.312. The number of ether oxygens (including phenoxy) is 1. The maximum Gasteiger partial charge on any atom is 0.169 e. The predicted molar refractivity (Wildman–Crippen MR) is 80.1 cm³/mol. The minimum absolute atomic E-state index is 0.256. The van der Waals surface area contributed by atoms with Crippen molar-refractivity contribution >= 4 is 22.9 Å². The molecule has 0 aromatic heterocycles. The van der Waals surface area contributed by atoms with E-state index in [-0.39, 0.29) is 6.04 Å². The van der Waals surface area contributed by atoms with E-state index in [9.17, 15) is 0 Å². The van der Waals surface area contributed by atoms with E-state index in [1.807, 2.05) is 0 Å². The Labute approximate surface area is 113 Å². The molecule has 1 heterocycles. The SMILES string of the molecule is CCN(CC1COC=N1)c1ccc2ccccc2c1. The van der Waals surface area contributed by atoms with Crippen LogP contribution in [0.2, 0.25) is 0 Å². The summed E-state index contributed by atoms with van der Waals surface area (Å²) in [6.45, 7) is 4.76. The zero-order chi connectivity index (χ0) is 13.1. The van der Waals surface area contributed by atoms with Crippen LogP contribution in [0.3, 0.4) is 0 Å². The third-order valence-electron chi connectivity index (χ3n) is 3.55. The topological polar surface area (TPSA) is 24.8 Å². The minimum atomic E-state index is 0.256. The van der Waals surface area contributed by atoms with Crippen molar-refractivity contribution in [2.24, 2.45) is 4.99 Å². The molecule has 3 rings (SSSR count). The van der Waals surface area contributed by atoms with Gasteiger partial charge < -0.3 is 9.64 Å². The molecule has 0 aliphatic carbocycles. The molecule has 0 fully saturated rings.